The molecule has 0 aliphatic carbocycles. The van der Waals surface area contributed by atoms with Gasteiger partial charge in [0.05, 0.1) is 29.9 Å². The van der Waals surface area contributed by atoms with Gasteiger partial charge in [-0.3, -0.25) is 9.69 Å². The van der Waals surface area contributed by atoms with Crippen LogP contribution in [0.25, 0.3) is 0 Å². The quantitative estimate of drug-likeness (QED) is 0.327. The van der Waals surface area contributed by atoms with E-state index in [4.69, 9.17) is 5.73 Å². The lowest BCUT2D eigenvalue weighted by molar-refractivity contribution is -0.803. The SMILES string of the molecule is CN1CC(CCc2c(F)cccc2NC(=O)[C@@H](N)[C@@H](c2ccc(F)cc2)c2cccc(C(F)(F)F)c2)[NH+]2CC1CCCS2=O. The first-order chi connectivity index (χ1) is 20.9. The van der Waals surface area contributed by atoms with Gasteiger partial charge in [-0.15, -0.1) is 0 Å². The van der Waals surface area contributed by atoms with Gasteiger partial charge >= 0.3 is 6.18 Å². The molecule has 2 aliphatic heterocycles. The Balaban J connectivity index is 1.38. The lowest BCUT2D eigenvalue weighted by Crippen LogP contribution is -3.19. The Morgan fingerprint density at radius 3 is 2.55 bits per heavy atom. The Labute approximate surface area is 256 Å². The molecule has 6 nitrogen and oxygen atoms in total. The summed E-state index contributed by atoms with van der Waals surface area (Å²) in [6, 6.07) is 12.9. The molecule has 5 rings (SSSR count). The van der Waals surface area contributed by atoms with Gasteiger partial charge in [-0.1, -0.05) is 36.4 Å². The van der Waals surface area contributed by atoms with Gasteiger partial charge in [0.15, 0.2) is 0 Å². The van der Waals surface area contributed by atoms with Crippen molar-refractivity contribution < 1.29 is 35.3 Å². The number of fused-ring (bicyclic) bond motifs is 2. The fourth-order valence-electron chi connectivity index (χ4n) is 6.39. The zero-order valence-electron chi connectivity index (χ0n) is 24.2. The number of alkyl halides is 3. The van der Waals surface area contributed by atoms with Crippen LogP contribution in [-0.2, 0) is 28.4 Å². The topological polar surface area (TPSA) is 79.9 Å². The summed E-state index contributed by atoms with van der Waals surface area (Å²) < 4.78 is 83.5. The van der Waals surface area contributed by atoms with E-state index >= 15 is 4.39 Å². The number of rotatable bonds is 8. The molecule has 4 N–H and O–H groups in total. The van der Waals surface area contributed by atoms with Crippen LogP contribution in [0.3, 0.4) is 0 Å². The molecule has 6 atom stereocenters. The molecule has 2 fully saturated rings. The molecule has 0 saturated carbocycles. The number of halogens is 5. The molecule has 2 bridgehead atoms. The summed E-state index contributed by atoms with van der Waals surface area (Å²) in [5.41, 5.74) is 6.48. The van der Waals surface area contributed by atoms with Crippen molar-refractivity contribution >= 4 is 22.6 Å². The maximum Gasteiger partial charge on any atom is 0.416 e. The van der Waals surface area contributed by atoms with Crippen LogP contribution in [0.4, 0.5) is 27.6 Å². The van der Waals surface area contributed by atoms with Crippen LogP contribution < -0.4 is 15.4 Å². The molecular weight excluding hydrogens is 599 g/mol. The zero-order chi connectivity index (χ0) is 31.6. The van der Waals surface area contributed by atoms with Crippen LogP contribution in [-0.4, -0.2) is 59.0 Å². The van der Waals surface area contributed by atoms with Crippen molar-refractivity contribution in [3.05, 3.63) is 101 Å². The third kappa shape index (κ3) is 7.20. The maximum atomic E-state index is 15.2. The minimum atomic E-state index is -4.62. The predicted molar refractivity (Wildman–Crippen MR) is 159 cm³/mol. The number of piperazine rings is 1. The lowest BCUT2D eigenvalue weighted by atomic mass is 9.84. The Morgan fingerprint density at radius 1 is 1.09 bits per heavy atom. The summed E-state index contributed by atoms with van der Waals surface area (Å²) in [4.78, 5) is 15.9. The van der Waals surface area contributed by atoms with Crippen molar-refractivity contribution in [1.82, 2.24) is 4.90 Å². The molecule has 236 valence electrons. The van der Waals surface area contributed by atoms with Crippen molar-refractivity contribution in [2.75, 3.05) is 31.2 Å². The highest BCUT2D eigenvalue weighted by atomic mass is 32.2. The normalized spacial score (nSPS) is 23.9. The fourth-order valence-corrected chi connectivity index (χ4v) is 8.02. The number of hydrogen-bond donors (Lipinski definition) is 3. The van der Waals surface area contributed by atoms with E-state index in [2.05, 4.69) is 17.3 Å². The van der Waals surface area contributed by atoms with E-state index in [1.807, 2.05) is 0 Å². The highest BCUT2D eigenvalue weighted by molar-refractivity contribution is 7.78. The molecule has 2 saturated heterocycles. The minimum absolute atomic E-state index is 0.0179. The molecule has 3 aromatic carbocycles. The third-order valence-corrected chi connectivity index (χ3v) is 10.5. The van der Waals surface area contributed by atoms with Crippen molar-refractivity contribution in [3.8, 4) is 0 Å². The second-order valence-corrected chi connectivity index (χ2v) is 13.2. The summed E-state index contributed by atoms with van der Waals surface area (Å²) in [6.45, 7) is 1.49. The first-order valence-electron chi connectivity index (χ1n) is 14.6. The van der Waals surface area contributed by atoms with Crippen LogP contribution in [0.15, 0.2) is 66.7 Å². The average Bonchev–Trinajstić information content (AvgIpc) is 3.15. The van der Waals surface area contributed by atoms with Gasteiger partial charge in [-0.2, -0.15) is 17.4 Å². The number of carbonyl (C=O) groups excluding carboxylic acids is 1. The number of hydrogen-bond acceptors (Lipinski definition) is 4. The van der Waals surface area contributed by atoms with Crippen LogP contribution in [0.2, 0.25) is 0 Å². The van der Waals surface area contributed by atoms with E-state index in [1.165, 1.54) is 36.4 Å². The highest BCUT2D eigenvalue weighted by Crippen LogP contribution is 2.35. The number of quaternary nitrogens is 1. The van der Waals surface area contributed by atoms with E-state index in [0.29, 0.717) is 23.8 Å². The molecule has 3 aromatic rings. The van der Waals surface area contributed by atoms with Crippen LogP contribution in [0.1, 0.15) is 47.4 Å². The zero-order valence-corrected chi connectivity index (χ0v) is 25.1. The number of amides is 1. The van der Waals surface area contributed by atoms with Crippen LogP contribution in [0.5, 0.6) is 0 Å². The lowest BCUT2D eigenvalue weighted by Gasteiger charge is -2.39. The van der Waals surface area contributed by atoms with Crippen molar-refractivity contribution in [1.29, 1.82) is 0 Å². The molecule has 2 aliphatic rings. The smallest absolute Gasteiger partial charge is 0.324 e. The van der Waals surface area contributed by atoms with Gasteiger partial charge < -0.3 is 11.1 Å². The first-order valence-corrected chi connectivity index (χ1v) is 15.9. The molecular formula is C32H36F5N4O2S+. The molecule has 12 heteroatoms. The van der Waals surface area contributed by atoms with Gasteiger partial charge in [0.2, 0.25) is 16.9 Å². The van der Waals surface area contributed by atoms with Crippen LogP contribution >= 0.6 is 0 Å². The number of nitrogens with one attached hydrogen (secondary N) is 2. The van der Waals surface area contributed by atoms with E-state index in [1.54, 1.807) is 6.07 Å². The summed E-state index contributed by atoms with van der Waals surface area (Å²) in [5, 5.41) is 2.71. The number of carbonyl (C=O) groups is 1. The number of benzene rings is 3. The minimum Gasteiger partial charge on any atom is -0.324 e. The Hall–Kier alpha value is -3.19. The molecule has 4 unspecified atom stereocenters. The third-order valence-electron chi connectivity index (χ3n) is 8.77. The fraction of sp³-hybridized carbons (Fsp3) is 0.406. The number of nitrogens with two attached hydrogens (primary N) is 1. The van der Waals surface area contributed by atoms with Crippen molar-refractivity contribution in [2.45, 2.75) is 55.9 Å². The molecule has 2 heterocycles. The van der Waals surface area contributed by atoms with Gasteiger partial charge in [-0.25, -0.2) is 13.1 Å². The molecule has 44 heavy (non-hydrogen) atoms. The molecule has 0 aromatic heterocycles. The monoisotopic (exact) mass is 635 g/mol. The largest absolute Gasteiger partial charge is 0.416 e. The van der Waals surface area contributed by atoms with Crippen LogP contribution in [0, 0.1) is 11.6 Å². The average molecular weight is 636 g/mol. The second-order valence-electron chi connectivity index (χ2n) is 11.6. The van der Waals surface area contributed by atoms with Gasteiger partial charge in [0.25, 0.3) is 0 Å². The van der Waals surface area contributed by atoms with Crippen molar-refractivity contribution in [2.24, 2.45) is 5.73 Å². The highest BCUT2D eigenvalue weighted by Gasteiger charge is 2.40. The van der Waals surface area contributed by atoms with E-state index in [-0.39, 0.29) is 29.3 Å². The summed E-state index contributed by atoms with van der Waals surface area (Å²) in [6.07, 6.45) is -1.91. The Morgan fingerprint density at radius 2 is 1.82 bits per heavy atom. The van der Waals surface area contributed by atoms with Gasteiger partial charge in [0.1, 0.15) is 24.2 Å². The standard InChI is InChI=1S/C32H35F5N4O2S/c1-40-18-25(41-19-24(40)7-4-16-44(41)43)14-15-26-27(34)8-3-9-28(26)39-31(42)30(38)29(20-10-12-23(33)13-11-20)21-5-2-6-22(17-21)32(35,36)37/h2-3,5-6,8-13,17,24-25,29-30H,4,7,14-16,18-19,38H2,1H3,(H,39,42)/p+1/t24?,25?,29-,30-,44?/m0/s1. The number of anilines is 1. The van der Waals surface area contributed by atoms with Gasteiger partial charge in [-0.05, 0) is 67.8 Å². The molecule has 0 spiro atoms. The van der Waals surface area contributed by atoms with Gasteiger partial charge in [0, 0.05) is 23.6 Å². The van der Waals surface area contributed by atoms with E-state index in [0.717, 1.165) is 54.5 Å². The summed E-state index contributed by atoms with van der Waals surface area (Å²) in [5.74, 6) is -2.22. The predicted octanol–water partition coefficient (Wildman–Crippen LogP) is 4.04. The van der Waals surface area contributed by atoms with E-state index < -0.39 is 52.2 Å². The Bertz CT molecular complexity index is 1500. The van der Waals surface area contributed by atoms with E-state index in [9.17, 15) is 26.6 Å². The maximum absolute atomic E-state index is 15.2. The summed E-state index contributed by atoms with van der Waals surface area (Å²) >= 11 is 0. The summed E-state index contributed by atoms with van der Waals surface area (Å²) in [7, 11) is 1.03. The second kappa shape index (κ2) is 13.4. The Kier molecular flexibility index (Phi) is 9.83. The number of likely N-dealkylation sites (N-methyl/N-ethyl adjacent to an activating group) is 1. The first kappa shape index (κ1) is 32.2. The number of nitrogens with zero attached hydrogens (tertiary/aromatic N) is 1. The molecule has 1 amide bonds. The molecule has 0 radical (unpaired) electrons. The van der Waals surface area contributed by atoms with Crippen molar-refractivity contribution in [3.63, 3.8) is 0 Å².